The van der Waals surface area contributed by atoms with E-state index in [2.05, 4.69) is 25.5 Å². The van der Waals surface area contributed by atoms with Gasteiger partial charge in [0.25, 0.3) is 5.91 Å². The summed E-state index contributed by atoms with van der Waals surface area (Å²) in [7, 11) is 1.98. The summed E-state index contributed by atoms with van der Waals surface area (Å²) in [5.41, 5.74) is 2.52. The lowest BCUT2D eigenvalue weighted by Gasteiger charge is -2.06. The third-order valence-electron chi connectivity index (χ3n) is 3.80. The number of nitrogens with zero attached hydrogens (tertiary/aromatic N) is 4. The lowest BCUT2D eigenvalue weighted by molar-refractivity contribution is 0.103. The van der Waals surface area contributed by atoms with Crippen LogP contribution in [0.1, 0.15) is 15.4 Å². The van der Waals surface area contributed by atoms with Crippen molar-refractivity contribution in [3.63, 3.8) is 0 Å². The number of H-pyrrole nitrogens is 1. The Morgan fingerprint density at radius 1 is 1.33 bits per heavy atom. The predicted molar refractivity (Wildman–Crippen MR) is 93.1 cm³/mol. The first-order valence-electron chi connectivity index (χ1n) is 7.32. The third kappa shape index (κ3) is 2.37. The number of hydrogen-bond donors (Lipinski definition) is 2. The van der Waals surface area contributed by atoms with Gasteiger partial charge in [-0.05, 0) is 25.1 Å². The number of hydrogen-bond acceptors (Lipinski definition) is 5. The Morgan fingerprint density at radius 2 is 2.21 bits per heavy atom. The number of rotatable bonds is 3. The first kappa shape index (κ1) is 14.6. The van der Waals surface area contributed by atoms with Crippen LogP contribution >= 0.6 is 11.3 Å². The van der Waals surface area contributed by atoms with Gasteiger partial charge >= 0.3 is 0 Å². The molecule has 1 amide bonds. The zero-order valence-electron chi connectivity index (χ0n) is 13.1. The van der Waals surface area contributed by atoms with Gasteiger partial charge in [0.1, 0.15) is 11.2 Å². The molecule has 2 N–H and O–H groups in total. The molecule has 0 atom stereocenters. The van der Waals surface area contributed by atoms with Crippen molar-refractivity contribution in [1.29, 1.82) is 0 Å². The molecule has 4 aromatic rings. The van der Waals surface area contributed by atoms with Crippen LogP contribution in [0.15, 0.2) is 36.8 Å². The summed E-state index contributed by atoms with van der Waals surface area (Å²) in [6.45, 7) is 1.81. The van der Waals surface area contributed by atoms with E-state index in [4.69, 9.17) is 0 Å². The average molecular weight is 338 g/mol. The number of aromatic nitrogens is 5. The summed E-state index contributed by atoms with van der Waals surface area (Å²) in [6, 6.07) is 7.83. The number of fused-ring (bicyclic) bond motifs is 1. The van der Waals surface area contributed by atoms with Crippen LogP contribution in [0.3, 0.4) is 0 Å². The maximum absolute atomic E-state index is 12.7. The number of benzene rings is 1. The summed E-state index contributed by atoms with van der Waals surface area (Å²) in [5.74, 6) is 0.388. The number of amides is 1. The molecule has 3 heterocycles. The second-order valence-corrected chi connectivity index (χ2v) is 6.39. The van der Waals surface area contributed by atoms with E-state index in [-0.39, 0.29) is 5.91 Å². The standard InChI is InChI=1S/C16H14N6OS/c1-9-13(24-16(19-9)14-17-8-18-21-14)15(23)20-11-4-3-5-12-10(11)6-7-22(12)2/h3-8H,1-2H3,(H,20,23)(H,17,18,21). The first-order valence-corrected chi connectivity index (χ1v) is 8.13. The van der Waals surface area contributed by atoms with E-state index in [1.165, 1.54) is 17.7 Å². The highest BCUT2D eigenvalue weighted by Gasteiger charge is 2.18. The fraction of sp³-hybridized carbons (Fsp3) is 0.125. The molecule has 0 aliphatic heterocycles. The van der Waals surface area contributed by atoms with Crippen LogP contribution in [0.4, 0.5) is 5.69 Å². The highest BCUT2D eigenvalue weighted by molar-refractivity contribution is 7.17. The molecule has 1 aromatic carbocycles. The third-order valence-corrected chi connectivity index (χ3v) is 4.96. The minimum absolute atomic E-state index is 0.174. The maximum atomic E-state index is 12.7. The van der Waals surface area contributed by atoms with Gasteiger partial charge in [-0.3, -0.25) is 9.89 Å². The van der Waals surface area contributed by atoms with Crippen LogP contribution in [0.5, 0.6) is 0 Å². The minimum Gasteiger partial charge on any atom is -0.350 e. The molecule has 0 aliphatic rings. The lowest BCUT2D eigenvalue weighted by atomic mass is 10.2. The van der Waals surface area contributed by atoms with Gasteiger partial charge in [0, 0.05) is 24.1 Å². The molecule has 0 fully saturated rings. The van der Waals surface area contributed by atoms with Crippen molar-refractivity contribution >= 4 is 33.8 Å². The molecule has 0 unspecified atom stereocenters. The van der Waals surface area contributed by atoms with Crippen molar-refractivity contribution in [2.24, 2.45) is 7.05 Å². The van der Waals surface area contributed by atoms with E-state index in [1.807, 2.05) is 49.0 Å². The Balaban J connectivity index is 1.67. The summed E-state index contributed by atoms with van der Waals surface area (Å²) in [6.07, 6.45) is 3.39. The monoisotopic (exact) mass is 338 g/mol. The molecule has 8 heteroatoms. The lowest BCUT2D eigenvalue weighted by Crippen LogP contribution is -2.11. The molecule has 4 rings (SSSR count). The van der Waals surface area contributed by atoms with E-state index >= 15 is 0 Å². The molecular weight excluding hydrogens is 324 g/mol. The Morgan fingerprint density at radius 3 is 3.00 bits per heavy atom. The van der Waals surface area contributed by atoms with Gasteiger partial charge in [-0.25, -0.2) is 9.97 Å². The number of anilines is 1. The topological polar surface area (TPSA) is 88.5 Å². The SMILES string of the molecule is Cc1nc(-c2ncn[nH]2)sc1C(=O)Nc1cccc2c1ccn2C. The van der Waals surface area contributed by atoms with E-state index in [9.17, 15) is 4.79 Å². The van der Waals surface area contributed by atoms with Crippen molar-refractivity contribution < 1.29 is 4.79 Å². The molecule has 3 aromatic heterocycles. The Kier molecular flexibility index (Phi) is 3.39. The van der Waals surface area contributed by atoms with E-state index in [0.29, 0.717) is 21.4 Å². The van der Waals surface area contributed by atoms with Crippen LogP contribution in [-0.2, 0) is 7.05 Å². The van der Waals surface area contributed by atoms with Gasteiger partial charge in [-0.1, -0.05) is 6.07 Å². The van der Waals surface area contributed by atoms with Crippen LogP contribution < -0.4 is 5.32 Å². The van der Waals surface area contributed by atoms with Crippen LogP contribution in [0, 0.1) is 6.92 Å². The molecule has 120 valence electrons. The van der Waals surface area contributed by atoms with Gasteiger partial charge in [0.05, 0.1) is 11.4 Å². The van der Waals surface area contributed by atoms with Crippen molar-refractivity contribution in [2.75, 3.05) is 5.32 Å². The highest BCUT2D eigenvalue weighted by atomic mass is 32.1. The zero-order valence-corrected chi connectivity index (χ0v) is 13.9. The van der Waals surface area contributed by atoms with Gasteiger partial charge in [-0.15, -0.1) is 11.3 Å². The molecule has 24 heavy (non-hydrogen) atoms. The fourth-order valence-electron chi connectivity index (χ4n) is 2.61. The summed E-state index contributed by atoms with van der Waals surface area (Å²) < 4.78 is 2.02. The summed E-state index contributed by atoms with van der Waals surface area (Å²) in [5, 5.41) is 11.2. The zero-order chi connectivity index (χ0) is 16.7. The van der Waals surface area contributed by atoms with Gasteiger partial charge in [-0.2, -0.15) is 5.10 Å². The average Bonchev–Trinajstić information content (AvgIpc) is 3.28. The van der Waals surface area contributed by atoms with Gasteiger partial charge in [0.2, 0.25) is 0 Å². The van der Waals surface area contributed by atoms with Crippen molar-refractivity contribution in [2.45, 2.75) is 6.92 Å². The number of thiazole rings is 1. The highest BCUT2D eigenvalue weighted by Crippen LogP contribution is 2.28. The van der Waals surface area contributed by atoms with Crippen LogP contribution in [0.25, 0.3) is 21.7 Å². The molecule has 0 saturated heterocycles. The molecule has 7 nitrogen and oxygen atoms in total. The van der Waals surface area contributed by atoms with E-state index < -0.39 is 0 Å². The quantitative estimate of drug-likeness (QED) is 0.601. The second kappa shape index (κ2) is 5.57. The smallest absolute Gasteiger partial charge is 0.267 e. The summed E-state index contributed by atoms with van der Waals surface area (Å²) >= 11 is 1.29. The predicted octanol–water partition coefficient (Wildman–Crippen LogP) is 2.98. The number of aromatic amines is 1. The van der Waals surface area contributed by atoms with Crippen molar-refractivity contribution in [1.82, 2.24) is 24.7 Å². The van der Waals surface area contributed by atoms with Crippen LogP contribution in [-0.4, -0.2) is 30.6 Å². The molecule has 0 radical (unpaired) electrons. The molecule has 0 spiro atoms. The normalized spacial score (nSPS) is 11.1. The maximum Gasteiger partial charge on any atom is 0.267 e. The van der Waals surface area contributed by atoms with Crippen molar-refractivity contribution in [3.05, 3.63) is 47.4 Å². The molecular formula is C16H14N6OS. The van der Waals surface area contributed by atoms with Crippen LogP contribution in [0.2, 0.25) is 0 Å². The fourth-order valence-corrected chi connectivity index (χ4v) is 3.52. The minimum atomic E-state index is -0.174. The first-order chi connectivity index (χ1) is 11.6. The van der Waals surface area contributed by atoms with E-state index in [0.717, 1.165) is 16.6 Å². The Hall–Kier alpha value is -3.00. The second-order valence-electron chi connectivity index (χ2n) is 5.39. The van der Waals surface area contributed by atoms with Gasteiger partial charge in [0.15, 0.2) is 10.8 Å². The number of carbonyl (C=O) groups is 1. The molecule has 0 bridgehead atoms. The molecule has 0 aliphatic carbocycles. The van der Waals surface area contributed by atoms with E-state index in [1.54, 1.807) is 0 Å². The Bertz CT molecular complexity index is 1030. The number of carbonyl (C=O) groups excluding carboxylic acids is 1. The largest absolute Gasteiger partial charge is 0.350 e. The molecule has 0 saturated carbocycles. The Labute approximate surface area is 141 Å². The number of aryl methyl sites for hydroxylation is 2. The number of nitrogens with one attached hydrogen (secondary N) is 2. The van der Waals surface area contributed by atoms with Crippen molar-refractivity contribution in [3.8, 4) is 10.8 Å². The van der Waals surface area contributed by atoms with Gasteiger partial charge < -0.3 is 9.88 Å². The summed E-state index contributed by atoms with van der Waals surface area (Å²) in [4.78, 5) is 21.7.